The average Bonchev–Trinajstić information content (AvgIpc) is 2.90. The zero-order chi connectivity index (χ0) is 19.4. The van der Waals surface area contributed by atoms with Crippen LogP contribution in [0, 0.1) is 11.7 Å². The number of hydrogen-bond acceptors (Lipinski definition) is 5. The first-order valence-electron chi connectivity index (χ1n) is 8.56. The van der Waals surface area contributed by atoms with Crippen LogP contribution in [0.25, 0.3) is 0 Å². The van der Waals surface area contributed by atoms with Crippen LogP contribution in [0.4, 0.5) is 4.39 Å². The highest BCUT2D eigenvalue weighted by Gasteiger charge is 2.28. The SMILES string of the molecule is COC(=O)c1cccn(CC2CNCCOC2c2ccc(Cl)c(F)c2)c1=O. The summed E-state index contributed by atoms with van der Waals surface area (Å²) in [6, 6.07) is 7.63. The van der Waals surface area contributed by atoms with Crippen LogP contribution in [0.3, 0.4) is 0 Å². The summed E-state index contributed by atoms with van der Waals surface area (Å²) in [4.78, 5) is 24.4. The van der Waals surface area contributed by atoms with Crippen molar-refractivity contribution in [2.45, 2.75) is 12.6 Å². The first kappa shape index (κ1) is 19.5. The summed E-state index contributed by atoms with van der Waals surface area (Å²) < 4.78 is 26.0. The van der Waals surface area contributed by atoms with Gasteiger partial charge in [0.15, 0.2) is 0 Å². The number of hydrogen-bond donors (Lipinski definition) is 1. The van der Waals surface area contributed by atoms with Crippen LogP contribution in [0.2, 0.25) is 5.02 Å². The summed E-state index contributed by atoms with van der Waals surface area (Å²) in [5.74, 6) is -1.35. The molecule has 0 bridgehead atoms. The molecule has 2 heterocycles. The number of esters is 1. The van der Waals surface area contributed by atoms with Crippen LogP contribution in [0.1, 0.15) is 22.0 Å². The molecule has 0 radical (unpaired) electrons. The molecule has 144 valence electrons. The van der Waals surface area contributed by atoms with E-state index < -0.39 is 23.4 Å². The molecule has 3 rings (SSSR count). The van der Waals surface area contributed by atoms with E-state index in [-0.39, 0.29) is 16.5 Å². The fourth-order valence-electron chi connectivity index (χ4n) is 3.21. The van der Waals surface area contributed by atoms with Gasteiger partial charge in [0.25, 0.3) is 5.56 Å². The Labute approximate surface area is 160 Å². The third-order valence-electron chi connectivity index (χ3n) is 4.54. The molecule has 1 aromatic heterocycles. The lowest BCUT2D eigenvalue weighted by Gasteiger charge is -2.26. The molecule has 2 atom stereocenters. The van der Waals surface area contributed by atoms with Gasteiger partial charge in [0.1, 0.15) is 11.4 Å². The molecule has 1 saturated heterocycles. The van der Waals surface area contributed by atoms with E-state index in [4.69, 9.17) is 16.3 Å². The summed E-state index contributed by atoms with van der Waals surface area (Å²) in [6.45, 7) is 1.98. The molecule has 0 spiro atoms. The largest absolute Gasteiger partial charge is 0.465 e. The first-order valence-corrected chi connectivity index (χ1v) is 8.94. The number of nitrogens with one attached hydrogen (secondary N) is 1. The zero-order valence-corrected chi connectivity index (χ0v) is 15.5. The van der Waals surface area contributed by atoms with Gasteiger partial charge >= 0.3 is 5.97 Å². The van der Waals surface area contributed by atoms with Gasteiger partial charge in [-0.3, -0.25) is 4.79 Å². The maximum atomic E-state index is 13.9. The van der Waals surface area contributed by atoms with Gasteiger partial charge in [-0.2, -0.15) is 0 Å². The number of benzene rings is 1. The molecular formula is C19H20ClFN2O4. The number of nitrogens with zero attached hydrogens (tertiary/aromatic N) is 1. The Hall–Kier alpha value is -2.22. The van der Waals surface area contributed by atoms with Gasteiger partial charge in [0.2, 0.25) is 0 Å². The number of pyridine rings is 1. The second-order valence-corrected chi connectivity index (χ2v) is 6.71. The molecule has 2 unspecified atom stereocenters. The van der Waals surface area contributed by atoms with E-state index in [0.717, 1.165) is 0 Å². The number of aromatic nitrogens is 1. The summed E-state index contributed by atoms with van der Waals surface area (Å²) in [5, 5.41) is 3.30. The van der Waals surface area contributed by atoms with Crippen LogP contribution in [0.5, 0.6) is 0 Å². The van der Waals surface area contributed by atoms with Gasteiger partial charge in [-0.1, -0.05) is 17.7 Å². The minimum atomic E-state index is -0.680. The molecule has 0 aliphatic carbocycles. The molecule has 6 nitrogen and oxygen atoms in total. The highest BCUT2D eigenvalue weighted by molar-refractivity contribution is 6.30. The van der Waals surface area contributed by atoms with E-state index in [9.17, 15) is 14.0 Å². The Kier molecular flexibility index (Phi) is 6.26. The molecule has 8 heteroatoms. The van der Waals surface area contributed by atoms with Crippen molar-refractivity contribution >= 4 is 17.6 Å². The van der Waals surface area contributed by atoms with Crippen LogP contribution in [-0.2, 0) is 16.0 Å². The number of ether oxygens (including phenoxy) is 2. The van der Waals surface area contributed by atoms with Gasteiger partial charge in [-0.05, 0) is 29.8 Å². The topological polar surface area (TPSA) is 69.6 Å². The van der Waals surface area contributed by atoms with Gasteiger partial charge in [0.05, 0.1) is 24.8 Å². The Morgan fingerprint density at radius 2 is 2.26 bits per heavy atom. The van der Waals surface area contributed by atoms with Gasteiger partial charge in [-0.15, -0.1) is 0 Å². The number of halogens is 2. The lowest BCUT2D eigenvalue weighted by molar-refractivity contribution is 0.0248. The van der Waals surface area contributed by atoms with Crippen molar-refractivity contribution in [1.82, 2.24) is 9.88 Å². The molecule has 0 amide bonds. The smallest absolute Gasteiger partial charge is 0.343 e. The van der Waals surface area contributed by atoms with Crippen LogP contribution in [0.15, 0.2) is 41.3 Å². The normalized spacial score (nSPS) is 20.1. The molecule has 2 aromatic rings. The lowest BCUT2D eigenvalue weighted by Crippen LogP contribution is -2.34. The molecular weight excluding hydrogens is 375 g/mol. The van der Waals surface area contributed by atoms with E-state index in [1.165, 1.54) is 29.9 Å². The maximum absolute atomic E-state index is 13.9. The maximum Gasteiger partial charge on any atom is 0.343 e. The Bertz CT molecular complexity index is 886. The first-order chi connectivity index (χ1) is 13.0. The van der Waals surface area contributed by atoms with E-state index in [2.05, 4.69) is 10.1 Å². The minimum Gasteiger partial charge on any atom is -0.465 e. The summed E-state index contributed by atoms with van der Waals surface area (Å²) in [6.07, 6.45) is 1.19. The quantitative estimate of drug-likeness (QED) is 0.806. The van der Waals surface area contributed by atoms with Crippen molar-refractivity contribution in [2.24, 2.45) is 5.92 Å². The van der Waals surface area contributed by atoms with Crippen molar-refractivity contribution in [3.8, 4) is 0 Å². The summed E-state index contributed by atoms with van der Waals surface area (Å²) >= 11 is 5.78. The van der Waals surface area contributed by atoms with Crippen molar-refractivity contribution in [2.75, 3.05) is 26.8 Å². The predicted octanol–water partition coefficient (Wildman–Crippen LogP) is 2.40. The van der Waals surface area contributed by atoms with Crippen LogP contribution < -0.4 is 10.9 Å². The fourth-order valence-corrected chi connectivity index (χ4v) is 3.32. The fraction of sp³-hybridized carbons (Fsp3) is 0.368. The Morgan fingerprint density at radius 3 is 3.00 bits per heavy atom. The highest BCUT2D eigenvalue weighted by Crippen LogP contribution is 2.30. The third kappa shape index (κ3) is 4.37. The number of carbonyl (C=O) groups excluding carboxylic acids is 1. The van der Waals surface area contributed by atoms with Crippen molar-refractivity contribution in [3.05, 3.63) is 68.8 Å². The van der Waals surface area contributed by atoms with E-state index >= 15 is 0 Å². The zero-order valence-electron chi connectivity index (χ0n) is 14.8. The lowest BCUT2D eigenvalue weighted by atomic mass is 9.95. The van der Waals surface area contributed by atoms with Crippen molar-refractivity contribution in [1.29, 1.82) is 0 Å². The third-order valence-corrected chi connectivity index (χ3v) is 4.85. The molecule has 1 N–H and O–H groups in total. The Morgan fingerprint density at radius 1 is 1.44 bits per heavy atom. The standard InChI is InChI=1S/C19H20ClFN2O4/c1-26-19(25)14-3-2-7-23(18(14)24)11-13-10-22-6-8-27-17(13)12-4-5-15(20)16(21)9-12/h2-5,7,9,13,17,22H,6,8,10-11H2,1H3. The molecule has 1 aromatic carbocycles. The highest BCUT2D eigenvalue weighted by atomic mass is 35.5. The van der Waals surface area contributed by atoms with E-state index in [1.807, 2.05) is 0 Å². The monoisotopic (exact) mass is 394 g/mol. The van der Waals surface area contributed by atoms with Gasteiger partial charge in [0, 0.05) is 31.7 Å². The summed E-state index contributed by atoms with van der Waals surface area (Å²) in [7, 11) is 1.23. The second kappa shape index (κ2) is 8.65. The van der Waals surface area contributed by atoms with Crippen molar-refractivity contribution < 1.29 is 18.7 Å². The van der Waals surface area contributed by atoms with E-state index in [1.54, 1.807) is 18.3 Å². The Balaban J connectivity index is 1.92. The predicted molar refractivity (Wildman–Crippen MR) is 98.5 cm³/mol. The average molecular weight is 395 g/mol. The van der Waals surface area contributed by atoms with Crippen molar-refractivity contribution in [3.63, 3.8) is 0 Å². The van der Waals surface area contributed by atoms with Gasteiger partial charge in [-0.25, -0.2) is 9.18 Å². The summed E-state index contributed by atoms with van der Waals surface area (Å²) in [5.41, 5.74) is 0.189. The second-order valence-electron chi connectivity index (χ2n) is 6.30. The minimum absolute atomic E-state index is 0.0309. The number of carbonyl (C=O) groups is 1. The van der Waals surface area contributed by atoms with Gasteiger partial charge < -0.3 is 19.4 Å². The number of rotatable bonds is 4. The molecule has 0 saturated carbocycles. The molecule has 1 fully saturated rings. The molecule has 1 aliphatic rings. The molecule has 1 aliphatic heterocycles. The van der Waals surface area contributed by atoms with Crippen LogP contribution >= 0.6 is 11.6 Å². The van der Waals surface area contributed by atoms with E-state index in [0.29, 0.717) is 31.8 Å². The number of methoxy groups -OCH3 is 1. The van der Waals surface area contributed by atoms with Crippen LogP contribution in [-0.4, -0.2) is 37.3 Å². The molecule has 27 heavy (non-hydrogen) atoms.